The summed E-state index contributed by atoms with van der Waals surface area (Å²) < 4.78 is 13.2. The Kier molecular flexibility index (Phi) is 5.38. The van der Waals surface area contributed by atoms with Gasteiger partial charge in [-0.1, -0.05) is 12.1 Å². The van der Waals surface area contributed by atoms with E-state index in [4.69, 9.17) is 5.73 Å². The van der Waals surface area contributed by atoms with Gasteiger partial charge in [0.05, 0.1) is 18.2 Å². The van der Waals surface area contributed by atoms with Gasteiger partial charge in [0.25, 0.3) is 0 Å². The molecule has 10 heteroatoms. The predicted octanol–water partition coefficient (Wildman–Crippen LogP) is 2.24. The molecule has 1 aliphatic rings. The maximum Gasteiger partial charge on any atom is 0.227 e. The molecule has 3 heterocycles. The average Bonchev–Trinajstić information content (AvgIpc) is 2.67. The van der Waals surface area contributed by atoms with Gasteiger partial charge in [0.2, 0.25) is 11.9 Å². The third-order valence-corrected chi connectivity index (χ3v) is 4.86. The first-order valence-corrected chi connectivity index (χ1v) is 9.46. The van der Waals surface area contributed by atoms with Gasteiger partial charge in [-0.2, -0.15) is 9.97 Å². The number of hydrogen-bond acceptors (Lipinski definition) is 8. The molecule has 2 aromatic heterocycles. The molecule has 1 unspecified atom stereocenters. The summed E-state index contributed by atoms with van der Waals surface area (Å²) in [6, 6.07) is 7.87. The Hall–Kier alpha value is -3.82. The van der Waals surface area contributed by atoms with Gasteiger partial charge in [0, 0.05) is 31.5 Å². The Morgan fingerprint density at radius 2 is 1.97 bits per heavy atom. The first kappa shape index (κ1) is 19.5. The number of halogens is 1. The predicted molar refractivity (Wildman–Crippen MR) is 111 cm³/mol. The molecule has 9 nitrogen and oxygen atoms in total. The van der Waals surface area contributed by atoms with Gasteiger partial charge in [-0.05, 0) is 24.6 Å². The van der Waals surface area contributed by atoms with Gasteiger partial charge in [0.1, 0.15) is 23.3 Å². The highest BCUT2D eigenvalue weighted by molar-refractivity contribution is 5.80. The number of primary amides is 1. The van der Waals surface area contributed by atoms with E-state index in [1.165, 1.54) is 12.1 Å². The number of nitrogens with one attached hydrogen (secondary N) is 2. The van der Waals surface area contributed by atoms with E-state index in [1.807, 2.05) is 11.8 Å². The molecule has 4 rings (SSSR count). The standard InChI is InChI=1S/C20H21FN8O/c1-12(13-2-4-15(21)5-3-13)25-20-27-16(26-17-9-23-6-7-24-17)8-18(28-20)29-10-14(11-29)19(22)30/h2-9,12,14H,10-11H2,1H3,(H2,22,30)(H2,24,25,26,27,28). The van der Waals surface area contributed by atoms with Crippen LogP contribution in [0.2, 0.25) is 0 Å². The Bertz CT molecular complexity index is 1020. The molecule has 1 atom stereocenters. The molecule has 0 aliphatic carbocycles. The molecule has 0 bridgehead atoms. The number of carbonyl (C=O) groups excluding carboxylic acids is 1. The molecule has 0 saturated carbocycles. The number of benzene rings is 1. The minimum absolute atomic E-state index is 0.153. The molecule has 1 aromatic carbocycles. The number of nitrogens with zero attached hydrogens (tertiary/aromatic N) is 5. The zero-order chi connectivity index (χ0) is 21.1. The van der Waals surface area contributed by atoms with Crippen molar-refractivity contribution in [2.24, 2.45) is 11.7 Å². The SMILES string of the molecule is CC(Nc1nc(Nc2cnccn2)cc(N2CC(C(N)=O)C2)n1)c1ccc(F)cc1. The number of aromatic nitrogens is 4. The van der Waals surface area contributed by atoms with Crippen LogP contribution in [0.1, 0.15) is 18.5 Å². The number of carbonyl (C=O) groups is 1. The Labute approximate surface area is 172 Å². The number of hydrogen-bond donors (Lipinski definition) is 3. The van der Waals surface area contributed by atoms with Crippen LogP contribution in [0.3, 0.4) is 0 Å². The second kappa shape index (κ2) is 8.27. The average molecular weight is 408 g/mol. The van der Waals surface area contributed by atoms with Crippen LogP contribution in [0.25, 0.3) is 0 Å². The topological polar surface area (TPSA) is 122 Å². The van der Waals surface area contributed by atoms with Crippen LogP contribution in [-0.4, -0.2) is 38.9 Å². The molecule has 1 aliphatic heterocycles. The largest absolute Gasteiger partial charge is 0.369 e. The molecule has 4 N–H and O–H groups in total. The number of amides is 1. The lowest BCUT2D eigenvalue weighted by Gasteiger charge is -2.38. The summed E-state index contributed by atoms with van der Waals surface area (Å²) in [6.07, 6.45) is 4.74. The summed E-state index contributed by atoms with van der Waals surface area (Å²) >= 11 is 0. The summed E-state index contributed by atoms with van der Waals surface area (Å²) in [4.78, 5) is 30.6. The van der Waals surface area contributed by atoms with Crippen molar-refractivity contribution in [3.8, 4) is 0 Å². The van der Waals surface area contributed by atoms with Gasteiger partial charge in [0.15, 0.2) is 0 Å². The molecule has 3 aromatic rings. The van der Waals surface area contributed by atoms with Gasteiger partial charge >= 0.3 is 0 Å². The number of nitrogens with two attached hydrogens (primary N) is 1. The van der Waals surface area contributed by atoms with Crippen LogP contribution in [-0.2, 0) is 4.79 Å². The summed E-state index contributed by atoms with van der Waals surface area (Å²) in [7, 11) is 0. The molecule has 1 amide bonds. The summed E-state index contributed by atoms with van der Waals surface area (Å²) in [5.74, 6) is 1.31. The van der Waals surface area contributed by atoms with E-state index in [0.29, 0.717) is 36.5 Å². The van der Waals surface area contributed by atoms with E-state index < -0.39 is 0 Å². The van der Waals surface area contributed by atoms with E-state index in [1.54, 1.807) is 36.8 Å². The van der Waals surface area contributed by atoms with E-state index in [0.717, 1.165) is 5.56 Å². The number of rotatable bonds is 7. The van der Waals surface area contributed by atoms with E-state index >= 15 is 0 Å². The highest BCUT2D eigenvalue weighted by atomic mass is 19.1. The van der Waals surface area contributed by atoms with Crippen molar-refractivity contribution in [3.63, 3.8) is 0 Å². The minimum Gasteiger partial charge on any atom is -0.369 e. The fourth-order valence-electron chi connectivity index (χ4n) is 3.09. The van der Waals surface area contributed by atoms with Crippen molar-refractivity contribution in [1.29, 1.82) is 0 Å². The quantitative estimate of drug-likeness (QED) is 0.544. The molecular weight excluding hydrogens is 387 g/mol. The summed E-state index contributed by atoms with van der Waals surface area (Å²) in [5, 5.41) is 6.35. The van der Waals surface area contributed by atoms with E-state index in [9.17, 15) is 9.18 Å². The maximum absolute atomic E-state index is 13.2. The smallest absolute Gasteiger partial charge is 0.227 e. The lowest BCUT2D eigenvalue weighted by Crippen LogP contribution is -2.53. The highest BCUT2D eigenvalue weighted by Crippen LogP contribution is 2.28. The monoisotopic (exact) mass is 408 g/mol. The molecule has 30 heavy (non-hydrogen) atoms. The molecule has 154 valence electrons. The fraction of sp³-hybridized carbons (Fsp3) is 0.250. The highest BCUT2D eigenvalue weighted by Gasteiger charge is 2.32. The van der Waals surface area contributed by atoms with Crippen LogP contribution in [0.4, 0.5) is 27.8 Å². The number of anilines is 4. The first-order valence-electron chi connectivity index (χ1n) is 9.46. The summed E-state index contributed by atoms with van der Waals surface area (Å²) in [5.41, 5.74) is 6.27. The zero-order valence-electron chi connectivity index (χ0n) is 16.3. The lowest BCUT2D eigenvalue weighted by molar-refractivity contribution is -0.122. The normalized spacial score (nSPS) is 14.7. The van der Waals surface area contributed by atoms with Gasteiger partial charge in [-0.15, -0.1) is 0 Å². The second-order valence-electron chi connectivity index (χ2n) is 7.07. The molecular formula is C20H21FN8O. The molecule has 1 saturated heterocycles. The Balaban J connectivity index is 1.58. The lowest BCUT2D eigenvalue weighted by atomic mass is 10.00. The molecule has 0 spiro atoms. The van der Waals surface area contributed by atoms with Crippen molar-refractivity contribution in [3.05, 3.63) is 60.3 Å². The Morgan fingerprint density at radius 3 is 2.63 bits per heavy atom. The van der Waals surface area contributed by atoms with Crippen LogP contribution in [0, 0.1) is 11.7 Å². The van der Waals surface area contributed by atoms with Gasteiger partial charge in [-0.3, -0.25) is 9.78 Å². The van der Waals surface area contributed by atoms with Crippen LogP contribution >= 0.6 is 0 Å². The van der Waals surface area contributed by atoms with Crippen molar-refractivity contribution in [2.75, 3.05) is 28.6 Å². The third kappa shape index (κ3) is 4.43. The minimum atomic E-state index is -0.318. The van der Waals surface area contributed by atoms with Crippen molar-refractivity contribution in [2.45, 2.75) is 13.0 Å². The van der Waals surface area contributed by atoms with Crippen molar-refractivity contribution >= 4 is 29.3 Å². The molecule has 1 fully saturated rings. The summed E-state index contributed by atoms with van der Waals surface area (Å²) in [6.45, 7) is 2.94. The van der Waals surface area contributed by atoms with Crippen LogP contribution < -0.4 is 21.3 Å². The maximum atomic E-state index is 13.2. The third-order valence-electron chi connectivity index (χ3n) is 4.86. The molecule has 0 radical (unpaired) electrons. The fourth-order valence-corrected chi connectivity index (χ4v) is 3.09. The van der Waals surface area contributed by atoms with E-state index in [-0.39, 0.29) is 23.7 Å². The van der Waals surface area contributed by atoms with Crippen molar-refractivity contribution in [1.82, 2.24) is 19.9 Å². The van der Waals surface area contributed by atoms with Crippen LogP contribution in [0.5, 0.6) is 0 Å². The van der Waals surface area contributed by atoms with Gasteiger partial charge < -0.3 is 21.3 Å². The first-order chi connectivity index (χ1) is 14.5. The Morgan fingerprint density at radius 1 is 1.20 bits per heavy atom. The van der Waals surface area contributed by atoms with Crippen LogP contribution in [0.15, 0.2) is 48.9 Å². The van der Waals surface area contributed by atoms with Crippen molar-refractivity contribution < 1.29 is 9.18 Å². The van der Waals surface area contributed by atoms with E-state index in [2.05, 4.69) is 30.6 Å². The van der Waals surface area contributed by atoms with Gasteiger partial charge in [-0.25, -0.2) is 9.37 Å². The second-order valence-corrected chi connectivity index (χ2v) is 7.07. The zero-order valence-corrected chi connectivity index (χ0v) is 16.3.